The van der Waals surface area contributed by atoms with E-state index in [-0.39, 0.29) is 12.3 Å². The number of halogens is 1. The topological polar surface area (TPSA) is 57.6 Å². The summed E-state index contributed by atoms with van der Waals surface area (Å²) in [6.07, 6.45) is -0.0494. The molecule has 2 rings (SSSR count). The maximum Gasteiger partial charge on any atom is 0.314 e. The summed E-state index contributed by atoms with van der Waals surface area (Å²) in [6.45, 7) is 1.55. The summed E-state index contributed by atoms with van der Waals surface area (Å²) in [5.41, 5.74) is -0.126. The Morgan fingerprint density at radius 3 is 2.76 bits per heavy atom. The van der Waals surface area contributed by atoms with Crippen LogP contribution in [0.5, 0.6) is 0 Å². The molecule has 1 amide bonds. The second-order valence-electron chi connectivity index (χ2n) is 4.40. The van der Waals surface area contributed by atoms with Gasteiger partial charge in [0.05, 0.1) is 10.7 Å². The number of carbonyl (C=O) groups is 2. The number of hydrogen-bond acceptors (Lipinski definition) is 2. The zero-order valence-corrected chi connectivity index (χ0v) is 10.3. The molecule has 0 saturated heterocycles. The monoisotopic (exact) mass is 253 g/mol. The van der Waals surface area contributed by atoms with Crippen LogP contribution in [0.1, 0.15) is 18.9 Å². The smallest absolute Gasteiger partial charge is 0.314 e. The first-order valence-corrected chi connectivity index (χ1v) is 5.54. The van der Waals surface area contributed by atoms with Crippen molar-refractivity contribution in [3.63, 3.8) is 0 Å². The molecule has 1 aliphatic heterocycles. The standard InChI is InChI=1S/C12H12ClNO3/c1-12(11(16)17)6-9(15)14(2)10-7(12)4-3-5-8(10)13/h3-5H,6H2,1-2H3,(H,16,17)/t12-/m1/s1. The number of anilines is 1. The van der Waals surface area contributed by atoms with E-state index < -0.39 is 11.4 Å². The number of nitrogens with zero attached hydrogens (tertiary/aromatic N) is 1. The van der Waals surface area contributed by atoms with Crippen LogP contribution in [0.15, 0.2) is 18.2 Å². The largest absolute Gasteiger partial charge is 0.481 e. The van der Waals surface area contributed by atoms with E-state index in [4.69, 9.17) is 11.6 Å². The molecular weight excluding hydrogens is 242 g/mol. The average Bonchev–Trinajstić information content (AvgIpc) is 2.25. The van der Waals surface area contributed by atoms with E-state index in [9.17, 15) is 14.7 Å². The molecule has 0 aliphatic carbocycles. The minimum absolute atomic E-state index is 0.0494. The van der Waals surface area contributed by atoms with Gasteiger partial charge in [-0.2, -0.15) is 0 Å². The summed E-state index contributed by atoms with van der Waals surface area (Å²) in [4.78, 5) is 24.6. The Morgan fingerprint density at radius 2 is 2.18 bits per heavy atom. The Labute approximate surface area is 104 Å². The van der Waals surface area contributed by atoms with Crippen LogP contribution in [0.2, 0.25) is 5.02 Å². The summed E-state index contributed by atoms with van der Waals surface area (Å²) in [5.74, 6) is -1.25. The van der Waals surface area contributed by atoms with Crippen molar-refractivity contribution in [2.75, 3.05) is 11.9 Å². The van der Waals surface area contributed by atoms with E-state index in [0.717, 1.165) is 0 Å². The molecule has 1 heterocycles. The number of hydrogen-bond donors (Lipinski definition) is 1. The predicted molar refractivity (Wildman–Crippen MR) is 64.5 cm³/mol. The molecule has 0 bridgehead atoms. The first kappa shape index (κ1) is 11.9. The molecule has 0 spiro atoms. The first-order chi connectivity index (χ1) is 7.88. The van der Waals surface area contributed by atoms with Crippen molar-refractivity contribution >= 4 is 29.2 Å². The second-order valence-corrected chi connectivity index (χ2v) is 4.81. The van der Waals surface area contributed by atoms with Gasteiger partial charge in [-0.1, -0.05) is 23.7 Å². The Bertz CT molecular complexity index is 514. The third-order valence-electron chi connectivity index (χ3n) is 3.27. The van der Waals surface area contributed by atoms with Crippen molar-refractivity contribution in [1.29, 1.82) is 0 Å². The van der Waals surface area contributed by atoms with Gasteiger partial charge in [-0.3, -0.25) is 9.59 Å². The van der Waals surface area contributed by atoms with Crippen LogP contribution >= 0.6 is 11.6 Å². The third kappa shape index (κ3) is 1.60. The Hall–Kier alpha value is -1.55. The van der Waals surface area contributed by atoms with Crippen LogP contribution in [0.3, 0.4) is 0 Å². The number of fused-ring (bicyclic) bond motifs is 1. The number of aliphatic carboxylic acids is 1. The number of carboxylic acids is 1. The zero-order chi connectivity index (χ0) is 12.8. The fourth-order valence-corrected chi connectivity index (χ4v) is 2.43. The van der Waals surface area contributed by atoms with Gasteiger partial charge < -0.3 is 10.0 Å². The molecule has 4 nitrogen and oxygen atoms in total. The van der Waals surface area contributed by atoms with Crippen molar-refractivity contribution in [3.8, 4) is 0 Å². The zero-order valence-electron chi connectivity index (χ0n) is 9.53. The highest BCUT2D eigenvalue weighted by molar-refractivity contribution is 6.34. The Kier molecular flexibility index (Phi) is 2.62. The van der Waals surface area contributed by atoms with Gasteiger partial charge in [-0.15, -0.1) is 0 Å². The number of carbonyl (C=O) groups excluding carboxylic acids is 1. The lowest BCUT2D eigenvalue weighted by atomic mass is 9.75. The van der Waals surface area contributed by atoms with E-state index in [1.165, 1.54) is 4.90 Å². The van der Waals surface area contributed by atoms with Crippen LogP contribution in [0.4, 0.5) is 5.69 Å². The van der Waals surface area contributed by atoms with Crippen molar-refractivity contribution in [3.05, 3.63) is 28.8 Å². The summed E-state index contributed by atoms with van der Waals surface area (Å²) in [6, 6.07) is 5.06. The van der Waals surface area contributed by atoms with E-state index in [1.807, 2.05) is 0 Å². The molecule has 0 saturated carbocycles. The highest BCUT2D eigenvalue weighted by atomic mass is 35.5. The fourth-order valence-electron chi connectivity index (χ4n) is 2.13. The molecule has 0 fully saturated rings. The maximum absolute atomic E-state index is 11.8. The van der Waals surface area contributed by atoms with Crippen LogP contribution < -0.4 is 4.90 Å². The van der Waals surface area contributed by atoms with Crippen LogP contribution in [-0.2, 0) is 15.0 Å². The van der Waals surface area contributed by atoms with Crippen molar-refractivity contribution in [2.24, 2.45) is 0 Å². The summed E-state index contributed by atoms with van der Waals surface area (Å²) < 4.78 is 0. The second kappa shape index (κ2) is 3.74. The highest BCUT2D eigenvalue weighted by Gasteiger charge is 2.45. The molecule has 1 N–H and O–H groups in total. The Balaban J connectivity index is 2.74. The maximum atomic E-state index is 11.8. The molecule has 1 aliphatic rings. The number of rotatable bonds is 1. The molecule has 1 aromatic carbocycles. The molecule has 1 atom stereocenters. The highest BCUT2D eigenvalue weighted by Crippen LogP contribution is 2.43. The van der Waals surface area contributed by atoms with Gasteiger partial charge in [0.1, 0.15) is 5.41 Å². The summed E-state index contributed by atoms with van der Waals surface area (Å²) >= 11 is 6.05. The summed E-state index contributed by atoms with van der Waals surface area (Å²) in [5, 5.41) is 9.72. The van der Waals surface area contributed by atoms with Crippen molar-refractivity contribution in [2.45, 2.75) is 18.8 Å². The van der Waals surface area contributed by atoms with Gasteiger partial charge in [-0.25, -0.2) is 0 Å². The van der Waals surface area contributed by atoms with Gasteiger partial charge in [0, 0.05) is 13.5 Å². The number of benzene rings is 1. The minimum Gasteiger partial charge on any atom is -0.481 e. The molecule has 5 heteroatoms. The lowest BCUT2D eigenvalue weighted by Gasteiger charge is -2.36. The van der Waals surface area contributed by atoms with E-state index >= 15 is 0 Å². The van der Waals surface area contributed by atoms with E-state index in [0.29, 0.717) is 16.3 Å². The van der Waals surface area contributed by atoms with Gasteiger partial charge in [0.25, 0.3) is 0 Å². The van der Waals surface area contributed by atoms with Gasteiger partial charge in [0.2, 0.25) is 5.91 Å². The van der Waals surface area contributed by atoms with E-state index in [1.54, 1.807) is 32.2 Å². The van der Waals surface area contributed by atoms with Crippen LogP contribution in [-0.4, -0.2) is 24.0 Å². The molecular formula is C12H12ClNO3. The molecule has 1 aromatic rings. The lowest BCUT2D eigenvalue weighted by Crippen LogP contribution is -2.45. The minimum atomic E-state index is -1.20. The van der Waals surface area contributed by atoms with Crippen LogP contribution in [0, 0.1) is 0 Å². The molecule has 17 heavy (non-hydrogen) atoms. The van der Waals surface area contributed by atoms with Gasteiger partial charge in [0.15, 0.2) is 0 Å². The van der Waals surface area contributed by atoms with Crippen molar-refractivity contribution < 1.29 is 14.7 Å². The summed E-state index contributed by atoms with van der Waals surface area (Å²) in [7, 11) is 1.61. The first-order valence-electron chi connectivity index (χ1n) is 5.17. The molecule has 0 aromatic heterocycles. The normalized spacial score (nSPS) is 23.5. The quantitative estimate of drug-likeness (QED) is 0.833. The van der Waals surface area contributed by atoms with Crippen LogP contribution in [0.25, 0.3) is 0 Å². The third-order valence-corrected chi connectivity index (χ3v) is 3.57. The molecule has 0 unspecified atom stereocenters. The molecule has 90 valence electrons. The predicted octanol–water partition coefficient (Wildman–Crippen LogP) is 2.05. The number of para-hydroxylation sites is 1. The SMILES string of the molecule is CN1C(=O)C[C@@](C)(C(=O)O)c2cccc(Cl)c21. The van der Waals surface area contributed by atoms with E-state index in [2.05, 4.69) is 0 Å². The van der Waals surface area contributed by atoms with Gasteiger partial charge in [-0.05, 0) is 18.6 Å². The average molecular weight is 254 g/mol. The van der Waals surface area contributed by atoms with Crippen molar-refractivity contribution in [1.82, 2.24) is 0 Å². The molecule has 0 radical (unpaired) electrons. The number of carboxylic acid groups (broad SMARTS) is 1. The Morgan fingerprint density at radius 1 is 1.53 bits per heavy atom. The fraction of sp³-hybridized carbons (Fsp3) is 0.333. The lowest BCUT2D eigenvalue weighted by molar-refractivity contribution is -0.145. The van der Waals surface area contributed by atoms with Gasteiger partial charge >= 0.3 is 5.97 Å². The number of amides is 1.